The van der Waals surface area contributed by atoms with Crippen LogP contribution in [0.15, 0.2) is 0 Å². The highest BCUT2D eigenvalue weighted by atomic mass is 15.3. The first-order valence-electron chi connectivity index (χ1n) is 4.71. The Balaban J connectivity index is 1.98. The molecule has 2 nitrogen and oxygen atoms in total. The van der Waals surface area contributed by atoms with Crippen molar-refractivity contribution in [3.05, 3.63) is 0 Å². The molecule has 3 atom stereocenters. The first kappa shape index (κ1) is 7.56. The number of nitrogens with zero attached hydrogens (tertiary/aromatic N) is 1. The van der Waals surface area contributed by atoms with Gasteiger partial charge in [-0.25, -0.2) is 0 Å². The van der Waals surface area contributed by atoms with Crippen LogP contribution in [0.4, 0.5) is 0 Å². The summed E-state index contributed by atoms with van der Waals surface area (Å²) in [5.41, 5.74) is 5.86. The Bertz CT molecular complexity index is 144. The lowest BCUT2D eigenvalue weighted by Gasteiger charge is -2.56. The van der Waals surface area contributed by atoms with Gasteiger partial charge in [-0.2, -0.15) is 0 Å². The summed E-state index contributed by atoms with van der Waals surface area (Å²) in [5, 5.41) is 0. The highest BCUT2D eigenvalue weighted by Crippen LogP contribution is 2.41. The standard InChI is InChI=1S/C9H18N2/c1-6-3-8-5-9(4-6)11(8)7(2)10/h6-9H,3-5,10H2,1-2H3. The van der Waals surface area contributed by atoms with Gasteiger partial charge >= 0.3 is 0 Å². The molecule has 0 spiro atoms. The van der Waals surface area contributed by atoms with Gasteiger partial charge in [-0.3, -0.25) is 4.90 Å². The zero-order valence-electron chi connectivity index (χ0n) is 7.46. The van der Waals surface area contributed by atoms with E-state index in [4.69, 9.17) is 5.73 Å². The summed E-state index contributed by atoms with van der Waals surface area (Å²) in [6.07, 6.45) is 4.44. The van der Waals surface area contributed by atoms with Crippen LogP contribution in [0.2, 0.25) is 0 Å². The molecule has 1 aliphatic carbocycles. The molecule has 3 aliphatic rings. The molecular weight excluding hydrogens is 136 g/mol. The Morgan fingerprint density at radius 3 is 2.27 bits per heavy atom. The second kappa shape index (κ2) is 2.46. The number of rotatable bonds is 1. The Kier molecular flexibility index (Phi) is 1.69. The van der Waals surface area contributed by atoms with Crippen molar-refractivity contribution in [1.29, 1.82) is 0 Å². The summed E-state index contributed by atoms with van der Waals surface area (Å²) >= 11 is 0. The maximum Gasteiger partial charge on any atom is 0.0548 e. The van der Waals surface area contributed by atoms with Crippen LogP contribution in [-0.2, 0) is 0 Å². The van der Waals surface area contributed by atoms with E-state index >= 15 is 0 Å². The molecule has 2 bridgehead atoms. The maximum atomic E-state index is 5.86. The number of fused-ring (bicyclic) bond motifs is 2. The van der Waals surface area contributed by atoms with E-state index in [1.54, 1.807) is 0 Å². The van der Waals surface area contributed by atoms with Crippen molar-refractivity contribution in [2.45, 2.75) is 51.4 Å². The monoisotopic (exact) mass is 154 g/mol. The molecule has 2 saturated heterocycles. The maximum absolute atomic E-state index is 5.86. The van der Waals surface area contributed by atoms with Gasteiger partial charge in [0.15, 0.2) is 0 Å². The third-order valence-electron chi connectivity index (χ3n) is 3.21. The third kappa shape index (κ3) is 1.09. The summed E-state index contributed by atoms with van der Waals surface area (Å²) in [7, 11) is 0. The molecule has 64 valence electrons. The zero-order chi connectivity index (χ0) is 8.01. The Morgan fingerprint density at radius 2 is 1.82 bits per heavy atom. The van der Waals surface area contributed by atoms with E-state index in [-0.39, 0.29) is 6.17 Å². The van der Waals surface area contributed by atoms with E-state index in [2.05, 4.69) is 18.7 Å². The molecule has 0 amide bonds. The number of nitrogens with two attached hydrogens (primary N) is 1. The fourth-order valence-corrected chi connectivity index (χ4v) is 2.84. The number of piperidine rings is 1. The minimum absolute atomic E-state index is 0.284. The topological polar surface area (TPSA) is 29.3 Å². The Morgan fingerprint density at radius 1 is 1.27 bits per heavy atom. The molecule has 3 rings (SSSR count). The van der Waals surface area contributed by atoms with Crippen LogP contribution in [0.3, 0.4) is 0 Å². The molecule has 2 aliphatic heterocycles. The van der Waals surface area contributed by atoms with Crippen molar-refractivity contribution in [1.82, 2.24) is 4.90 Å². The number of hydrogen-bond acceptors (Lipinski definition) is 2. The van der Waals surface area contributed by atoms with Crippen molar-refractivity contribution < 1.29 is 0 Å². The van der Waals surface area contributed by atoms with E-state index in [0.29, 0.717) is 0 Å². The van der Waals surface area contributed by atoms with Crippen LogP contribution in [0, 0.1) is 5.92 Å². The highest BCUT2D eigenvalue weighted by Gasteiger charge is 2.44. The molecule has 2 N–H and O–H groups in total. The van der Waals surface area contributed by atoms with Crippen LogP contribution >= 0.6 is 0 Å². The zero-order valence-corrected chi connectivity index (χ0v) is 7.46. The second-order valence-electron chi connectivity index (χ2n) is 4.31. The normalized spacial score (nSPS) is 46.6. The Labute approximate surface area is 68.7 Å². The Hall–Kier alpha value is -0.0800. The van der Waals surface area contributed by atoms with Gasteiger partial charge in [0, 0.05) is 12.1 Å². The van der Waals surface area contributed by atoms with Crippen molar-refractivity contribution in [2.24, 2.45) is 11.7 Å². The molecule has 1 saturated carbocycles. The molecular formula is C9H18N2. The first-order valence-corrected chi connectivity index (χ1v) is 4.71. The predicted octanol–water partition coefficient (Wildman–Crippen LogP) is 1.16. The number of hydrogen-bond donors (Lipinski definition) is 1. The van der Waals surface area contributed by atoms with Gasteiger partial charge < -0.3 is 5.73 Å². The van der Waals surface area contributed by atoms with E-state index in [1.165, 1.54) is 19.3 Å². The van der Waals surface area contributed by atoms with Gasteiger partial charge in [0.2, 0.25) is 0 Å². The lowest BCUT2D eigenvalue weighted by Crippen LogP contribution is -2.65. The SMILES string of the molecule is CC1CC2CC(C1)N2C(C)N. The summed E-state index contributed by atoms with van der Waals surface area (Å²) in [6.45, 7) is 4.47. The van der Waals surface area contributed by atoms with Crippen LogP contribution in [0.5, 0.6) is 0 Å². The smallest absolute Gasteiger partial charge is 0.0548 e. The first-order chi connectivity index (χ1) is 5.18. The van der Waals surface area contributed by atoms with Gasteiger partial charge in [0.05, 0.1) is 6.17 Å². The van der Waals surface area contributed by atoms with Crippen LogP contribution in [0.25, 0.3) is 0 Å². The second-order valence-corrected chi connectivity index (χ2v) is 4.31. The quantitative estimate of drug-likeness (QED) is 0.614. The largest absolute Gasteiger partial charge is 0.316 e. The van der Waals surface area contributed by atoms with E-state index in [1.807, 2.05) is 0 Å². The third-order valence-corrected chi connectivity index (χ3v) is 3.21. The molecule has 3 unspecified atom stereocenters. The highest BCUT2D eigenvalue weighted by molar-refractivity contribution is 4.99. The van der Waals surface area contributed by atoms with E-state index < -0.39 is 0 Å². The van der Waals surface area contributed by atoms with Crippen LogP contribution < -0.4 is 5.73 Å². The summed E-state index contributed by atoms with van der Waals surface area (Å²) in [4.78, 5) is 2.49. The summed E-state index contributed by atoms with van der Waals surface area (Å²) in [5.74, 6) is 0.939. The van der Waals surface area contributed by atoms with Gasteiger partial charge in [-0.15, -0.1) is 0 Å². The average Bonchev–Trinajstić information content (AvgIpc) is 1.84. The van der Waals surface area contributed by atoms with Gasteiger partial charge in [-0.05, 0) is 32.1 Å². The minimum Gasteiger partial charge on any atom is -0.316 e. The minimum atomic E-state index is 0.284. The molecule has 11 heavy (non-hydrogen) atoms. The van der Waals surface area contributed by atoms with Gasteiger partial charge in [0.1, 0.15) is 0 Å². The van der Waals surface area contributed by atoms with Gasteiger partial charge in [-0.1, -0.05) is 6.92 Å². The van der Waals surface area contributed by atoms with Crippen LogP contribution in [-0.4, -0.2) is 23.1 Å². The van der Waals surface area contributed by atoms with Crippen LogP contribution in [0.1, 0.15) is 33.1 Å². The van der Waals surface area contributed by atoms with Crippen molar-refractivity contribution in [3.63, 3.8) is 0 Å². The van der Waals surface area contributed by atoms with Crippen molar-refractivity contribution in [3.8, 4) is 0 Å². The molecule has 0 radical (unpaired) electrons. The average molecular weight is 154 g/mol. The van der Waals surface area contributed by atoms with Gasteiger partial charge in [0.25, 0.3) is 0 Å². The van der Waals surface area contributed by atoms with E-state index in [0.717, 1.165) is 18.0 Å². The van der Waals surface area contributed by atoms with E-state index in [9.17, 15) is 0 Å². The molecule has 2 heteroatoms. The molecule has 0 aromatic carbocycles. The molecule has 3 fully saturated rings. The molecule has 2 heterocycles. The predicted molar refractivity (Wildman–Crippen MR) is 46.1 cm³/mol. The van der Waals surface area contributed by atoms with Crippen molar-refractivity contribution in [2.75, 3.05) is 0 Å². The fourth-order valence-electron chi connectivity index (χ4n) is 2.84. The lowest BCUT2D eigenvalue weighted by atomic mass is 9.74. The lowest BCUT2D eigenvalue weighted by molar-refractivity contribution is -0.0729. The summed E-state index contributed by atoms with van der Waals surface area (Å²) in [6, 6.07) is 1.65. The van der Waals surface area contributed by atoms with Crippen molar-refractivity contribution >= 4 is 0 Å². The molecule has 0 aromatic heterocycles. The summed E-state index contributed by atoms with van der Waals surface area (Å²) < 4.78 is 0. The molecule has 0 aromatic rings. The fraction of sp³-hybridized carbons (Fsp3) is 1.00.